The lowest BCUT2D eigenvalue weighted by atomic mass is 10.1. The first kappa shape index (κ1) is 17.0. The van der Waals surface area contributed by atoms with Gasteiger partial charge in [-0.1, -0.05) is 30.3 Å². The summed E-state index contributed by atoms with van der Waals surface area (Å²) in [6.45, 7) is 2.60. The van der Waals surface area contributed by atoms with Gasteiger partial charge in [-0.15, -0.1) is 0 Å². The van der Waals surface area contributed by atoms with Gasteiger partial charge in [0.1, 0.15) is 17.4 Å². The minimum atomic E-state index is -0.282. The molecule has 0 bridgehead atoms. The molecule has 1 aromatic heterocycles. The summed E-state index contributed by atoms with van der Waals surface area (Å²) >= 11 is 0. The van der Waals surface area contributed by atoms with Crippen molar-refractivity contribution in [3.63, 3.8) is 0 Å². The van der Waals surface area contributed by atoms with Crippen LogP contribution in [0.1, 0.15) is 24.2 Å². The Morgan fingerprint density at radius 2 is 1.89 bits per heavy atom. The van der Waals surface area contributed by atoms with E-state index in [1.54, 1.807) is 18.2 Å². The van der Waals surface area contributed by atoms with Crippen LogP contribution in [0.2, 0.25) is 0 Å². The molecule has 0 unspecified atom stereocenters. The standard InChI is InChI=1S/C21H20N4O2/c1-13-7-2-5-10-16(13)25-12-6-11-17(26)18(19(25)22)20-23-15-9-4-3-8-14(15)21(27)24-20/h2-5,7-10,22,26H,6,11-12H2,1H3,(H,23,24,27). The molecule has 0 spiro atoms. The number of aromatic nitrogens is 2. The number of amidine groups is 1. The highest BCUT2D eigenvalue weighted by Gasteiger charge is 2.27. The summed E-state index contributed by atoms with van der Waals surface area (Å²) < 4.78 is 0. The molecule has 6 heteroatoms. The van der Waals surface area contributed by atoms with Crippen molar-refractivity contribution < 1.29 is 5.11 Å². The molecule has 136 valence electrons. The Hall–Kier alpha value is -3.41. The Morgan fingerprint density at radius 1 is 1.15 bits per heavy atom. The van der Waals surface area contributed by atoms with E-state index in [1.165, 1.54) is 0 Å². The number of para-hydroxylation sites is 2. The van der Waals surface area contributed by atoms with Crippen LogP contribution in [0.4, 0.5) is 5.69 Å². The highest BCUT2D eigenvalue weighted by molar-refractivity contribution is 6.27. The van der Waals surface area contributed by atoms with Crippen molar-refractivity contribution in [2.45, 2.75) is 19.8 Å². The van der Waals surface area contributed by atoms with Gasteiger partial charge in [-0.3, -0.25) is 10.2 Å². The summed E-state index contributed by atoms with van der Waals surface area (Å²) in [5.74, 6) is 0.439. The molecule has 0 saturated heterocycles. The van der Waals surface area contributed by atoms with Crippen molar-refractivity contribution in [3.8, 4) is 0 Å². The van der Waals surface area contributed by atoms with Crippen LogP contribution in [0, 0.1) is 12.3 Å². The van der Waals surface area contributed by atoms with Crippen LogP contribution in [0.15, 0.2) is 59.1 Å². The molecule has 3 aromatic rings. The molecular formula is C21H20N4O2. The number of benzene rings is 2. The predicted octanol–water partition coefficient (Wildman–Crippen LogP) is 3.78. The number of allylic oxidation sites excluding steroid dienone is 1. The lowest BCUT2D eigenvalue weighted by Gasteiger charge is -2.26. The maximum atomic E-state index is 12.5. The van der Waals surface area contributed by atoms with Gasteiger partial charge in [-0.2, -0.15) is 0 Å². The zero-order valence-corrected chi connectivity index (χ0v) is 15.0. The van der Waals surface area contributed by atoms with Crippen molar-refractivity contribution >= 4 is 28.0 Å². The largest absolute Gasteiger partial charge is 0.511 e. The van der Waals surface area contributed by atoms with Crippen LogP contribution < -0.4 is 10.5 Å². The number of aliphatic hydroxyl groups is 1. The molecule has 6 nitrogen and oxygen atoms in total. The van der Waals surface area contributed by atoms with Crippen molar-refractivity contribution in [3.05, 3.63) is 76.0 Å². The van der Waals surface area contributed by atoms with Crippen molar-refractivity contribution in [1.82, 2.24) is 9.97 Å². The fourth-order valence-corrected chi connectivity index (χ4v) is 3.47. The number of rotatable bonds is 2. The normalized spacial score (nSPS) is 15.3. The van der Waals surface area contributed by atoms with Crippen molar-refractivity contribution in [2.75, 3.05) is 11.4 Å². The number of aromatic amines is 1. The van der Waals surface area contributed by atoms with Gasteiger partial charge in [0, 0.05) is 18.7 Å². The lowest BCUT2D eigenvalue weighted by Crippen LogP contribution is -2.32. The van der Waals surface area contributed by atoms with E-state index >= 15 is 0 Å². The van der Waals surface area contributed by atoms with Gasteiger partial charge in [-0.25, -0.2) is 4.98 Å². The third kappa shape index (κ3) is 2.99. The molecular weight excluding hydrogens is 340 g/mol. The van der Waals surface area contributed by atoms with E-state index in [1.807, 2.05) is 42.2 Å². The van der Waals surface area contributed by atoms with E-state index in [9.17, 15) is 9.90 Å². The number of nitrogens with one attached hydrogen (secondary N) is 2. The zero-order valence-electron chi connectivity index (χ0n) is 15.0. The summed E-state index contributed by atoms with van der Waals surface area (Å²) in [4.78, 5) is 21.6. The van der Waals surface area contributed by atoms with Gasteiger partial charge in [-0.05, 0) is 37.1 Å². The molecule has 3 N–H and O–H groups in total. The summed E-state index contributed by atoms with van der Waals surface area (Å²) in [6.07, 6.45) is 1.13. The van der Waals surface area contributed by atoms with Gasteiger partial charge in [0.05, 0.1) is 16.5 Å². The Morgan fingerprint density at radius 3 is 2.70 bits per heavy atom. The van der Waals surface area contributed by atoms with Crippen LogP contribution in [0.3, 0.4) is 0 Å². The first-order valence-corrected chi connectivity index (χ1v) is 8.90. The maximum Gasteiger partial charge on any atom is 0.259 e. The monoisotopic (exact) mass is 360 g/mol. The highest BCUT2D eigenvalue weighted by atomic mass is 16.3. The Bertz CT molecular complexity index is 1130. The number of aryl methyl sites for hydroxylation is 1. The van der Waals surface area contributed by atoms with E-state index in [0.717, 1.165) is 11.3 Å². The van der Waals surface area contributed by atoms with Crippen LogP contribution >= 0.6 is 0 Å². The number of nitrogens with zero attached hydrogens (tertiary/aromatic N) is 2. The zero-order chi connectivity index (χ0) is 19.0. The van der Waals surface area contributed by atoms with Crippen molar-refractivity contribution in [2.24, 2.45) is 0 Å². The average Bonchev–Trinajstić information content (AvgIpc) is 2.80. The highest BCUT2D eigenvalue weighted by Crippen LogP contribution is 2.29. The third-order valence-electron chi connectivity index (χ3n) is 4.85. The molecule has 0 radical (unpaired) electrons. The lowest BCUT2D eigenvalue weighted by molar-refractivity contribution is 0.390. The van der Waals surface area contributed by atoms with E-state index in [2.05, 4.69) is 9.97 Å². The predicted molar refractivity (Wildman–Crippen MR) is 107 cm³/mol. The van der Waals surface area contributed by atoms with Gasteiger partial charge < -0.3 is 15.0 Å². The second-order valence-electron chi connectivity index (χ2n) is 6.64. The second kappa shape index (κ2) is 6.72. The first-order valence-electron chi connectivity index (χ1n) is 8.90. The molecule has 0 amide bonds. The Kier molecular flexibility index (Phi) is 4.24. The molecule has 1 aliphatic rings. The van der Waals surface area contributed by atoms with Gasteiger partial charge in [0.25, 0.3) is 5.56 Å². The summed E-state index contributed by atoms with van der Waals surface area (Å²) in [5.41, 5.74) is 2.49. The summed E-state index contributed by atoms with van der Waals surface area (Å²) in [6, 6.07) is 14.9. The molecule has 0 atom stereocenters. The van der Waals surface area contributed by atoms with Crippen LogP contribution in [0.25, 0.3) is 16.5 Å². The number of aliphatic hydroxyl groups excluding tert-OH is 1. The van der Waals surface area contributed by atoms with E-state index < -0.39 is 0 Å². The number of hydrogen-bond acceptors (Lipinski definition) is 4. The third-order valence-corrected chi connectivity index (χ3v) is 4.85. The van der Waals surface area contributed by atoms with Gasteiger partial charge in [0.15, 0.2) is 0 Å². The quantitative estimate of drug-likeness (QED) is 0.648. The van der Waals surface area contributed by atoms with Gasteiger partial charge in [0.2, 0.25) is 0 Å². The minimum Gasteiger partial charge on any atom is -0.511 e. The number of H-pyrrole nitrogens is 1. The number of fused-ring (bicyclic) bond motifs is 1. The summed E-state index contributed by atoms with van der Waals surface area (Å²) in [7, 11) is 0. The average molecular weight is 360 g/mol. The topological polar surface area (TPSA) is 93.1 Å². The van der Waals surface area contributed by atoms with E-state index in [-0.39, 0.29) is 28.6 Å². The van der Waals surface area contributed by atoms with Crippen LogP contribution in [0.5, 0.6) is 0 Å². The minimum absolute atomic E-state index is 0.0783. The molecule has 4 rings (SSSR count). The second-order valence-corrected chi connectivity index (χ2v) is 6.64. The fraction of sp³-hybridized carbons (Fsp3) is 0.190. The molecule has 2 aromatic carbocycles. The molecule has 1 aliphatic heterocycles. The molecule has 0 saturated carbocycles. The fourth-order valence-electron chi connectivity index (χ4n) is 3.47. The number of anilines is 1. The molecule has 27 heavy (non-hydrogen) atoms. The van der Waals surface area contributed by atoms with E-state index in [4.69, 9.17) is 5.41 Å². The van der Waals surface area contributed by atoms with Crippen LogP contribution in [-0.4, -0.2) is 27.5 Å². The SMILES string of the molecule is Cc1ccccc1N1CCCC(O)=C(c2nc3ccccc3c(=O)[nH]2)C1=N. The van der Waals surface area contributed by atoms with Gasteiger partial charge >= 0.3 is 0 Å². The smallest absolute Gasteiger partial charge is 0.259 e. The molecule has 0 fully saturated rings. The number of hydrogen-bond donors (Lipinski definition) is 3. The molecule has 2 heterocycles. The molecule has 0 aliphatic carbocycles. The maximum absolute atomic E-state index is 12.5. The Labute approximate surface area is 156 Å². The summed E-state index contributed by atoms with van der Waals surface area (Å²) in [5, 5.41) is 19.9. The van der Waals surface area contributed by atoms with Crippen molar-refractivity contribution in [1.29, 1.82) is 5.41 Å². The van der Waals surface area contributed by atoms with E-state index in [0.29, 0.717) is 30.3 Å². The van der Waals surface area contributed by atoms with Crippen LogP contribution in [-0.2, 0) is 0 Å². The Balaban J connectivity index is 1.87. The first-order chi connectivity index (χ1) is 13.1.